The van der Waals surface area contributed by atoms with Crippen LogP contribution in [-0.2, 0) is 25.4 Å². The van der Waals surface area contributed by atoms with Gasteiger partial charge in [-0.2, -0.15) is 0 Å². The molecule has 1 N–H and O–H groups in total. The molecule has 0 aromatic heterocycles. The van der Waals surface area contributed by atoms with Crippen LogP contribution in [0.25, 0.3) is 0 Å². The molecule has 1 saturated heterocycles. The minimum absolute atomic E-state index is 0. The Morgan fingerprint density at radius 3 is 2.46 bits per heavy atom. The van der Waals surface area contributed by atoms with Gasteiger partial charge in [-0.3, -0.25) is 9.63 Å². The van der Waals surface area contributed by atoms with Gasteiger partial charge in [0.1, 0.15) is 0 Å². The van der Waals surface area contributed by atoms with E-state index in [0.29, 0.717) is 13.0 Å². The van der Waals surface area contributed by atoms with Gasteiger partial charge >= 0.3 is 7.12 Å². The largest absolute Gasteiger partial charge is 0.463 e. The lowest BCUT2D eigenvalue weighted by Crippen LogP contribution is -2.41. The Hall–Kier alpha value is -0.785. The molecule has 0 radical (unpaired) electrons. The first-order valence-corrected chi connectivity index (χ1v) is 10.0. The van der Waals surface area contributed by atoms with Gasteiger partial charge in [-0.15, -0.1) is 12.4 Å². The van der Waals surface area contributed by atoms with E-state index in [2.05, 4.69) is 11.5 Å². The van der Waals surface area contributed by atoms with E-state index in [4.69, 9.17) is 25.7 Å². The van der Waals surface area contributed by atoms with Crippen molar-refractivity contribution in [1.29, 1.82) is 0 Å². The minimum Gasteiger partial charge on any atom is -0.403 e. The number of rotatable bonds is 9. The summed E-state index contributed by atoms with van der Waals surface area (Å²) < 4.78 is 12.4. The van der Waals surface area contributed by atoms with Gasteiger partial charge in [0.05, 0.1) is 17.8 Å². The van der Waals surface area contributed by atoms with Crippen molar-refractivity contribution in [2.75, 3.05) is 6.61 Å². The summed E-state index contributed by atoms with van der Waals surface area (Å²) in [6.07, 6.45) is 3.10. The number of amides is 1. The molecule has 1 aromatic carbocycles. The van der Waals surface area contributed by atoms with Crippen LogP contribution in [0.15, 0.2) is 24.3 Å². The average Bonchev–Trinajstić information content (AvgIpc) is 2.81. The topological polar surface area (TPSA) is 56.8 Å². The van der Waals surface area contributed by atoms with E-state index < -0.39 is 11.2 Å². The molecule has 0 unspecified atom stereocenters. The number of hydrogen-bond acceptors (Lipinski definition) is 4. The van der Waals surface area contributed by atoms with Crippen LogP contribution in [0.3, 0.4) is 0 Å². The van der Waals surface area contributed by atoms with Crippen LogP contribution in [0.1, 0.15) is 59.4 Å². The monoisotopic (exact) mass is 431 g/mol. The maximum Gasteiger partial charge on any atom is 0.463 e. The Bertz CT molecular complexity index is 626. The number of hydrogen-bond donors (Lipinski definition) is 1. The fourth-order valence-corrected chi connectivity index (χ4v) is 3.15. The van der Waals surface area contributed by atoms with Gasteiger partial charge in [0.15, 0.2) is 0 Å². The lowest BCUT2D eigenvalue weighted by Gasteiger charge is -2.32. The van der Waals surface area contributed by atoms with Crippen molar-refractivity contribution < 1.29 is 18.9 Å². The zero-order chi connectivity index (χ0) is 20.1. The normalized spacial score (nSPS) is 18.4. The molecular weight excluding hydrogens is 400 g/mol. The van der Waals surface area contributed by atoms with E-state index in [1.54, 1.807) is 6.92 Å². The first-order valence-electron chi connectivity index (χ1n) is 9.65. The van der Waals surface area contributed by atoms with E-state index in [9.17, 15) is 4.79 Å². The van der Waals surface area contributed by atoms with Crippen LogP contribution < -0.4 is 5.48 Å². The highest BCUT2D eigenvalue weighted by Crippen LogP contribution is 2.41. The van der Waals surface area contributed by atoms with Crippen LogP contribution in [0, 0.1) is 0 Å². The first-order chi connectivity index (χ1) is 12.6. The predicted octanol–water partition coefficient (Wildman–Crippen LogP) is 5.00. The van der Waals surface area contributed by atoms with Crippen molar-refractivity contribution >= 4 is 37.0 Å². The van der Waals surface area contributed by atoms with Crippen molar-refractivity contribution in [2.45, 2.75) is 77.3 Å². The smallest absolute Gasteiger partial charge is 0.403 e. The SMILES string of the molecule is CCC(=O)NOC[C@@H](CCCc1cccc(Cl)c1)B1OC(C)(C)C(C)(C)O1.Cl. The number of carbonyl (C=O) groups is 1. The quantitative estimate of drug-likeness (QED) is 0.441. The average molecular weight is 432 g/mol. The number of carbonyl (C=O) groups excluding carboxylic acids is 1. The lowest BCUT2D eigenvalue weighted by molar-refractivity contribution is -0.133. The molecule has 1 fully saturated rings. The summed E-state index contributed by atoms with van der Waals surface area (Å²) in [6, 6.07) is 7.91. The van der Waals surface area contributed by atoms with Crippen LogP contribution in [0.4, 0.5) is 0 Å². The second-order valence-electron chi connectivity index (χ2n) is 8.10. The molecule has 1 aromatic rings. The van der Waals surface area contributed by atoms with E-state index >= 15 is 0 Å². The summed E-state index contributed by atoms with van der Waals surface area (Å²) in [5.41, 5.74) is 2.89. The summed E-state index contributed by atoms with van der Waals surface area (Å²) in [5, 5.41) is 0.751. The Kier molecular flexibility index (Phi) is 9.77. The third-order valence-electron chi connectivity index (χ3n) is 5.39. The van der Waals surface area contributed by atoms with Crippen LogP contribution in [0.2, 0.25) is 10.8 Å². The van der Waals surface area contributed by atoms with Crippen molar-refractivity contribution in [1.82, 2.24) is 5.48 Å². The van der Waals surface area contributed by atoms with Crippen molar-refractivity contribution in [3.05, 3.63) is 34.9 Å². The number of halogens is 2. The summed E-state index contributed by atoms with van der Waals surface area (Å²) >= 11 is 6.06. The van der Waals surface area contributed by atoms with Gasteiger partial charge in [-0.1, -0.05) is 30.7 Å². The Labute approximate surface area is 180 Å². The first kappa shape index (κ1) is 25.3. The number of nitrogens with one attached hydrogen (secondary N) is 1. The molecule has 0 saturated carbocycles. The van der Waals surface area contributed by atoms with Gasteiger partial charge < -0.3 is 9.31 Å². The minimum atomic E-state index is -0.393. The van der Waals surface area contributed by atoms with Crippen molar-refractivity contribution in [3.63, 3.8) is 0 Å². The molecule has 5 nitrogen and oxygen atoms in total. The standard InChI is InChI=1S/C20H31BClNO4.ClH/c1-6-18(24)23-25-14-16(21-26-19(2,3)20(4,5)27-21)11-7-9-15-10-8-12-17(22)13-15;/h8,10,12-13,16H,6-7,9,11,14H2,1-5H3,(H,23,24);1H/t16-;/m1./s1. The zero-order valence-electron chi connectivity index (χ0n) is 17.4. The van der Waals surface area contributed by atoms with Crippen molar-refractivity contribution in [3.8, 4) is 0 Å². The molecule has 28 heavy (non-hydrogen) atoms. The van der Waals surface area contributed by atoms with Gasteiger partial charge in [0.25, 0.3) is 0 Å². The Morgan fingerprint density at radius 1 is 1.25 bits per heavy atom. The third-order valence-corrected chi connectivity index (χ3v) is 5.63. The van der Waals surface area contributed by atoms with Gasteiger partial charge in [-0.25, -0.2) is 5.48 Å². The highest BCUT2D eigenvalue weighted by molar-refractivity contribution is 6.47. The molecule has 1 aliphatic heterocycles. The summed E-state index contributed by atoms with van der Waals surface area (Å²) in [6.45, 7) is 10.3. The third kappa shape index (κ3) is 6.92. The molecule has 158 valence electrons. The van der Waals surface area contributed by atoms with E-state index in [1.165, 1.54) is 5.56 Å². The van der Waals surface area contributed by atoms with Crippen molar-refractivity contribution in [2.24, 2.45) is 0 Å². The number of aryl methyl sites for hydroxylation is 1. The molecule has 1 amide bonds. The molecule has 0 aliphatic carbocycles. The molecule has 1 atom stereocenters. The second kappa shape index (κ2) is 10.8. The molecule has 8 heteroatoms. The Morgan fingerprint density at radius 2 is 1.89 bits per heavy atom. The fourth-order valence-electron chi connectivity index (χ4n) is 2.94. The lowest BCUT2D eigenvalue weighted by atomic mass is 9.69. The number of hydroxylamine groups is 1. The molecule has 1 heterocycles. The summed E-state index contributed by atoms with van der Waals surface area (Å²) in [5.74, 6) is -0.121. The van der Waals surface area contributed by atoms with Crippen LogP contribution >= 0.6 is 24.0 Å². The van der Waals surface area contributed by atoms with E-state index in [1.807, 2.05) is 45.9 Å². The summed E-state index contributed by atoms with van der Waals surface area (Å²) in [7, 11) is -0.368. The zero-order valence-corrected chi connectivity index (χ0v) is 19.0. The highest BCUT2D eigenvalue weighted by atomic mass is 35.5. The van der Waals surface area contributed by atoms with Crippen LogP contribution in [0.5, 0.6) is 0 Å². The summed E-state index contributed by atoms with van der Waals surface area (Å²) in [4.78, 5) is 16.9. The molecular formula is C20H32BCl2NO4. The molecule has 0 spiro atoms. The fraction of sp³-hybridized carbons (Fsp3) is 0.650. The van der Waals surface area contributed by atoms with Gasteiger partial charge in [0.2, 0.25) is 5.91 Å². The van der Waals surface area contributed by atoms with E-state index in [-0.39, 0.29) is 31.2 Å². The Balaban J connectivity index is 0.00000392. The second-order valence-corrected chi connectivity index (χ2v) is 8.53. The molecule has 1 aliphatic rings. The van der Waals surface area contributed by atoms with E-state index in [0.717, 1.165) is 24.3 Å². The molecule has 2 rings (SSSR count). The number of benzene rings is 1. The maximum atomic E-state index is 11.4. The van der Waals surface area contributed by atoms with Crippen LogP contribution in [-0.4, -0.2) is 30.8 Å². The predicted molar refractivity (Wildman–Crippen MR) is 116 cm³/mol. The van der Waals surface area contributed by atoms with Gasteiger partial charge in [0, 0.05) is 17.3 Å². The maximum absolute atomic E-state index is 11.4. The molecule has 0 bridgehead atoms. The van der Waals surface area contributed by atoms with Gasteiger partial charge in [-0.05, 0) is 64.7 Å². The highest BCUT2D eigenvalue weighted by Gasteiger charge is 2.53.